The number of nitrogens with zero attached hydrogens (tertiary/aromatic N) is 1. The second-order valence-corrected chi connectivity index (χ2v) is 3.40. The van der Waals surface area contributed by atoms with Crippen LogP contribution in [0.4, 0.5) is 13.2 Å². The number of halogens is 3. The van der Waals surface area contributed by atoms with Crippen LogP contribution < -0.4 is 9.47 Å². The van der Waals surface area contributed by atoms with Crippen LogP contribution in [0.1, 0.15) is 13.8 Å². The zero-order valence-electron chi connectivity index (χ0n) is 8.91. The summed E-state index contributed by atoms with van der Waals surface area (Å²) < 4.78 is 45.4. The minimum atomic E-state index is -4.36. The summed E-state index contributed by atoms with van der Waals surface area (Å²) in [6, 6.07) is 2.88. The molecule has 0 saturated heterocycles. The van der Waals surface area contributed by atoms with Crippen LogP contribution in [0.3, 0.4) is 0 Å². The molecule has 0 atom stereocenters. The van der Waals surface area contributed by atoms with Crippen LogP contribution >= 0.6 is 0 Å². The topological polar surface area (TPSA) is 31.4 Å². The highest BCUT2D eigenvalue weighted by Gasteiger charge is 2.28. The van der Waals surface area contributed by atoms with Gasteiger partial charge in [0.1, 0.15) is 5.75 Å². The molecule has 0 unspecified atom stereocenters. The molecule has 90 valence electrons. The zero-order chi connectivity index (χ0) is 12.2. The number of rotatable bonds is 4. The molecular weight excluding hydrogens is 223 g/mol. The number of hydrogen-bond donors (Lipinski definition) is 0. The number of hydrogen-bond acceptors (Lipinski definition) is 3. The van der Waals surface area contributed by atoms with Crippen LogP contribution in [0, 0.1) is 0 Å². The monoisotopic (exact) mass is 235 g/mol. The Morgan fingerprint density at radius 1 is 1.38 bits per heavy atom. The molecule has 0 bridgehead atoms. The van der Waals surface area contributed by atoms with E-state index in [0.717, 1.165) is 0 Å². The molecule has 0 saturated carbocycles. The SMILES string of the molecule is CC(C)Oc1ccnc(OCC(F)(F)F)c1. The molecule has 1 rings (SSSR count). The van der Waals surface area contributed by atoms with Crippen LogP contribution in [0.5, 0.6) is 11.6 Å². The Hall–Kier alpha value is -1.46. The molecule has 0 aliphatic carbocycles. The average molecular weight is 235 g/mol. The van der Waals surface area contributed by atoms with Crippen molar-refractivity contribution < 1.29 is 22.6 Å². The molecule has 1 aromatic rings. The maximum absolute atomic E-state index is 11.9. The molecule has 0 aliphatic rings. The standard InChI is InChI=1S/C10H12F3NO2/c1-7(2)16-8-3-4-14-9(5-8)15-6-10(11,12)13/h3-5,7H,6H2,1-2H3. The molecule has 16 heavy (non-hydrogen) atoms. The van der Waals surface area contributed by atoms with Crippen molar-refractivity contribution in [3.63, 3.8) is 0 Å². The summed E-state index contributed by atoms with van der Waals surface area (Å²) in [6.07, 6.45) is -3.09. The minimum Gasteiger partial charge on any atom is -0.491 e. The van der Waals surface area contributed by atoms with E-state index >= 15 is 0 Å². The van der Waals surface area contributed by atoms with Crippen LogP contribution in [0.25, 0.3) is 0 Å². The molecule has 0 fully saturated rings. The van der Waals surface area contributed by atoms with E-state index in [1.54, 1.807) is 6.07 Å². The second-order valence-electron chi connectivity index (χ2n) is 3.40. The molecule has 0 radical (unpaired) electrons. The molecule has 1 heterocycles. The first-order valence-corrected chi connectivity index (χ1v) is 4.69. The van der Waals surface area contributed by atoms with Gasteiger partial charge in [-0.1, -0.05) is 0 Å². The van der Waals surface area contributed by atoms with E-state index in [1.165, 1.54) is 12.3 Å². The summed E-state index contributed by atoms with van der Waals surface area (Å²) in [7, 11) is 0. The van der Waals surface area contributed by atoms with Crippen molar-refractivity contribution in [2.75, 3.05) is 6.61 Å². The van der Waals surface area contributed by atoms with Gasteiger partial charge in [0.15, 0.2) is 6.61 Å². The number of aromatic nitrogens is 1. The van der Waals surface area contributed by atoms with Crippen molar-refractivity contribution >= 4 is 0 Å². The highest BCUT2D eigenvalue weighted by atomic mass is 19.4. The van der Waals surface area contributed by atoms with Crippen molar-refractivity contribution in [2.24, 2.45) is 0 Å². The predicted molar refractivity (Wildman–Crippen MR) is 51.6 cm³/mol. The first-order valence-electron chi connectivity index (χ1n) is 4.69. The quantitative estimate of drug-likeness (QED) is 0.804. The van der Waals surface area contributed by atoms with E-state index in [9.17, 15) is 13.2 Å². The minimum absolute atomic E-state index is 0.0575. The summed E-state index contributed by atoms with van der Waals surface area (Å²) in [5.41, 5.74) is 0. The number of ether oxygens (including phenoxy) is 2. The number of alkyl halides is 3. The Balaban J connectivity index is 2.60. The Morgan fingerprint density at radius 2 is 2.06 bits per heavy atom. The van der Waals surface area contributed by atoms with E-state index < -0.39 is 12.8 Å². The average Bonchev–Trinajstić information content (AvgIpc) is 2.13. The normalized spacial score (nSPS) is 11.6. The summed E-state index contributed by atoms with van der Waals surface area (Å²) in [5, 5.41) is 0. The van der Waals surface area contributed by atoms with E-state index in [4.69, 9.17) is 4.74 Å². The van der Waals surface area contributed by atoms with Gasteiger partial charge in [0.05, 0.1) is 6.10 Å². The van der Waals surface area contributed by atoms with Crippen LogP contribution in [-0.2, 0) is 0 Å². The summed E-state index contributed by atoms with van der Waals surface area (Å²) in [4.78, 5) is 3.65. The molecular formula is C10H12F3NO2. The van der Waals surface area contributed by atoms with Crippen molar-refractivity contribution in [3.8, 4) is 11.6 Å². The van der Waals surface area contributed by atoms with Crippen molar-refractivity contribution in [2.45, 2.75) is 26.1 Å². The Kier molecular flexibility index (Phi) is 3.98. The zero-order valence-corrected chi connectivity index (χ0v) is 8.91. The third kappa shape index (κ3) is 4.86. The van der Waals surface area contributed by atoms with E-state index in [0.29, 0.717) is 5.75 Å². The maximum Gasteiger partial charge on any atom is 0.422 e. The third-order valence-electron chi connectivity index (χ3n) is 1.46. The van der Waals surface area contributed by atoms with Gasteiger partial charge in [-0.05, 0) is 19.9 Å². The lowest BCUT2D eigenvalue weighted by atomic mass is 10.4. The van der Waals surface area contributed by atoms with Gasteiger partial charge >= 0.3 is 6.18 Å². The van der Waals surface area contributed by atoms with Crippen LogP contribution in [0.2, 0.25) is 0 Å². The maximum atomic E-state index is 11.9. The van der Waals surface area contributed by atoms with E-state index in [-0.39, 0.29) is 12.0 Å². The summed E-state index contributed by atoms with van der Waals surface area (Å²) in [5.74, 6) is 0.331. The highest BCUT2D eigenvalue weighted by Crippen LogP contribution is 2.20. The van der Waals surface area contributed by atoms with Gasteiger partial charge in [-0.3, -0.25) is 0 Å². The van der Waals surface area contributed by atoms with Crippen molar-refractivity contribution in [1.29, 1.82) is 0 Å². The molecule has 0 aliphatic heterocycles. The van der Waals surface area contributed by atoms with Crippen LogP contribution in [0.15, 0.2) is 18.3 Å². The van der Waals surface area contributed by atoms with Crippen molar-refractivity contribution in [1.82, 2.24) is 4.98 Å². The smallest absolute Gasteiger partial charge is 0.422 e. The molecule has 6 heteroatoms. The van der Waals surface area contributed by atoms with Gasteiger partial charge in [0.2, 0.25) is 5.88 Å². The van der Waals surface area contributed by atoms with Gasteiger partial charge in [0, 0.05) is 12.3 Å². The lowest BCUT2D eigenvalue weighted by molar-refractivity contribution is -0.154. The lowest BCUT2D eigenvalue weighted by Gasteiger charge is -2.11. The summed E-state index contributed by atoms with van der Waals surface area (Å²) in [6.45, 7) is 2.28. The molecule has 0 aromatic carbocycles. The van der Waals surface area contributed by atoms with Crippen molar-refractivity contribution in [3.05, 3.63) is 18.3 Å². The van der Waals surface area contributed by atoms with Gasteiger partial charge in [-0.25, -0.2) is 4.98 Å². The molecule has 3 nitrogen and oxygen atoms in total. The van der Waals surface area contributed by atoms with Gasteiger partial charge < -0.3 is 9.47 Å². The third-order valence-corrected chi connectivity index (χ3v) is 1.46. The van der Waals surface area contributed by atoms with Gasteiger partial charge in [-0.2, -0.15) is 13.2 Å². The summed E-state index contributed by atoms with van der Waals surface area (Å²) >= 11 is 0. The van der Waals surface area contributed by atoms with Gasteiger partial charge in [0.25, 0.3) is 0 Å². The Labute approximate surface area is 91.2 Å². The number of pyridine rings is 1. The fraction of sp³-hybridized carbons (Fsp3) is 0.500. The molecule has 0 N–H and O–H groups in total. The van der Waals surface area contributed by atoms with Gasteiger partial charge in [-0.15, -0.1) is 0 Å². The Morgan fingerprint density at radius 3 is 2.62 bits per heavy atom. The predicted octanol–water partition coefficient (Wildman–Crippen LogP) is 2.81. The molecule has 1 aromatic heterocycles. The van der Waals surface area contributed by atoms with E-state index in [1.807, 2.05) is 13.8 Å². The highest BCUT2D eigenvalue weighted by molar-refractivity contribution is 5.26. The Bertz CT molecular complexity index is 339. The first-order chi connectivity index (χ1) is 7.37. The largest absolute Gasteiger partial charge is 0.491 e. The lowest BCUT2D eigenvalue weighted by Crippen LogP contribution is -2.19. The first kappa shape index (κ1) is 12.6. The second kappa shape index (κ2) is 5.05. The van der Waals surface area contributed by atoms with Crippen LogP contribution in [-0.4, -0.2) is 23.9 Å². The molecule has 0 spiro atoms. The fourth-order valence-corrected chi connectivity index (χ4v) is 0.971. The fourth-order valence-electron chi connectivity index (χ4n) is 0.971. The van der Waals surface area contributed by atoms with E-state index in [2.05, 4.69) is 9.72 Å². The molecule has 0 amide bonds.